The van der Waals surface area contributed by atoms with Crippen molar-refractivity contribution in [2.24, 2.45) is 0 Å². The molecule has 0 aliphatic carbocycles. The van der Waals surface area contributed by atoms with Gasteiger partial charge in [-0.3, -0.25) is 4.79 Å². The van der Waals surface area contributed by atoms with Crippen LogP contribution in [0.3, 0.4) is 0 Å². The van der Waals surface area contributed by atoms with E-state index in [1.165, 1.54) is 6.92 Å². The molecule has 0 radical (unpaired) electrons. The highest BCUT2D eigenvalue weighted by molar-refractivity contribution is 5.66. The topological polar surface area (TPSA) is 77.8 Å². The minimum Gasteiger partial charge on any atom is -0.481 e. The lowest BCUT2D eigenvalue weighted by Crippen LogP contribution is -2.03. The van der Waals surface area contributed by atoms with Crippen LogP contribution in [0.2, 0.25) is 0 Å². The maximum absolute atomic E-state index is 9.60. The van der Waals surface area contributed by atoms with Crippen molar-refractivity contribution < 1.29 is 20.1 Å². The molecular formula is C7H16O4. The molecule has 0 aliphatic heterocycles. The second kappa shape index (κ2) is 9.39. The number of carboxylic acid groups (broad SMARTS) is 1. The molecule has 0 bridgehead atoms. The average molecular weight is 164 g/mol. The van der Waals surface area contributed by atoms with Gasteiger partial charge in [0.05, 0.1) is 12.7 Å². The van der Waals surface area contributed by atoms with Crippen molar-refractivity contribution in [3.63, 3.8) is 0 Å². The van der Waals surface area contributed by atoms with E-state index in [9.17, 15) is 4.79 Å². The zero-order valence-corrected chi connectivity index (χ0v) is 6.95. The van der Waals surface area contributed by atoms with Crippen LogP contribution < -0.4 is 0 Å². The van der Waals surface area contributed by atoms with E-state index in [-0.39, 0.29) is 6.61 Å². The Hall–Kier alpha value is -0.610. The maximum atomic E-state index is 9.60. The largest absolute Gasteiger partial charge is 0.481 e. The van der Waals surface area contributed by atoms with Crippen molar-refractivity contribution in [1.29, 1.82) is 0 Å². The molecule has 0 saturated heterocycles. The number of hydrogen-bond acceptors (Lipinski definition) is 3. The number of carboxylic acids is 1. The first kappa shape index (κ1) is 13.0. The van der Waals surface area contributed by atoms with E-state index in [4.69, 9.17) is 15.3 Å². The van der Waals surface area contributed by atoms with Crippen molar-refractivity contribution in [2.75, 3.05) is 6.61 Å². The molecule has 0 aliphatic rings. The Morgan fingerprint density at radius 2 is 1.91 bits per heavy atom. The summed E-state index contributed by atoms with van der Waals surface area (Å²) in [5.74, 6) is -0.711. The van der Waals surface area contributed by atoms with Crippen LogP contribution in [0.5, 0.6) is 0 Å². The van der Waals surface area contributed by atoms with E-state index in [1.54, 1.807) is 0 Å². The third-order valence-electron chi connectivity index (χ3n) is 0.728. The van der Waals surface area contributed by atoms with Gasteiger partial charge in [-0.05, 0) is 13.3 Å². The van der Waals surface area contributed by atoms with Gasteiger partial charge in [-0.25, -0.2) is 0 Å². The molecule has 0 heterocycles. The normalized spacial score (nSPS) is 11.3. The molecule has 68 valence electrons. The predicted octanol–water partition coefficient (Wildman–Crippen LogP) is 0.231. The molecule has 11 heavy (non-hydrogen) atoms. The Morgan fingerprint density at radius 1 is 1.55 bits per heavy atom. The monoisotopic (exact) mass is 164 g/mol. The number of aliphatic carboxylic acids is 1. The van der Waals surface area contributed by atoms with E-state index in [2.05, 4.69) is 0 Å². The van der Waals surface area contributed by atoms with Gasteiger partial charge in [0.2, 0.25) is 0 Å². The van der Waals surface area contributed by atoms with Crippen LogP contribution in [0.1, 0.15) is 26.7 Å². The van der Waals surface area contributed by atoms with Crippen molar-refractivity contribution in [3.05, 3.63) is 0 Å². The molecule has 0 aromatic carbocycles. The standard InChI is InChI=1S/C4H8O2.C3H8O2/c1-2-3-4(5)6;1-3(5)2-4/h2-3H2,1H3,(H,5,6);3-5H,2H2,1H3. The molecule has 0 aromatic heterocycles. The third-order valence-corrected chi connectivity index (χ3v) is 0.728. The van der Waals surface area contributed by atoms with E-state index in [0.29, 0.717) is 6.42 Å². The van der Waals surface area contributed by atoms with E-state index >= 15 is 0 Å². The fourth-order valence-electron chi connectivity index (χ4n) is 0.214. The molecule has 3 N–H and O–H groups in total. The smallest absolute Gasteiger partial charge is 0.303 e. The molecule has 0 aromatic rings. The summed E-state index contributed by atoms with van der Waals surface area (Å²) < 4.78 is 0. The predicted molar refractivity (Wildman–Crippen MR) is 41.3 cm³/mol. The molecule has 4 heteroatoms. The van der Waals surface area contributed by atoms with Crippen LogP contribution in [0.25, 0.3) is 0 Å². The van der Waals surface area contributed by atoms with Gasteiger partial charge < -0.3 is 15.3 Å². The Balaban J connectivity index is 0. The van der Waals surface area contributed by atoms with Crippen LogP contribution in [-0.2, 0) is 4.79 Å². The summed E-state index contributed by atoms with van der Waals surface area (Å²) in [7, 11) is 0. The highest BCUT2D eigenvalue weighted by Gasteiger charge is 1.87. The van der Waals surface area contributed by atoms with Crippen LogP contribution >= 0.6 is 0 Å². The molecule has 4 nitrogen and oxygen atoms in total. The zero-order chi connectivity index (χ0) is 9.28. The van der Waals surface area contributed by atoms with Gasteiger partial charge in [0.1, 0.15) is 0 Å². The first-order chi connectivity index (χ1) is 5.04. The number of rotatable bonds is 3. The number of aliphatic hydroxyl groups is 2. The van der Waals surface area contributed by atoms with Gasteiger partial charge in [-0.15, -0.1) is 0 Å². The molecule has 0 fully saturated rings. The van der Waals surface area contributed by atoms with Crippen LogP contribution in [0, 0.1) is 0 Å². The van der Waals surface area contributed by atoms with Crippen molar-refractivity contribution >= 4 is 5.97 Å². The number of aliphatic hydroxyl groups excluding tert-OH is 2. The van der Waals surface area contributed by atoms with E-state index in [1.807, 2.05) is 6.92 Å². The SMILES string of the molecule is CC(O)CO.CCCC(=O)O. The van der Waals surface area contributed by atoms with Gasteiger partial charge in [0.25, 0.3) is 0 Å². The second-order valence-electron chi connectivity index (χ2n) is 2.18. The molecule has 0 spiro atoms. The Bertz CT molecular complexity index is 90.4. The lowest BCUT2D eigenvalue weighted by molar-refractivity contribution is -0.137. The van der Waals surface area contributed by atoms with E-state index in [0.717, 1.165) is 6.42 Å². The number of hydrogen-bond donors (Lipinski definition) is 3. The van der Waals surface area contributed by atoms with Crippen molar-refractivity contribution in [1.82, 2.24) is 0 Å². The Kier molecular flexibility index (Phi) is 11.1. The lowest BCUT2D eigenvalue weighted by atomic mass is 10.4. The van der Waals surface area contributed by atoms with E-state index < -0.39 is 12.1 Å². The highest BCUT2D eigenvalue weighted by atomic mass is 16.4. The van der Waals surface area contributed by atoms with Gasteiger partial charge >= 0.3 is 5.97 Å². The summed E-state index contributed by atoms with van der Waals surface area (Å²) in [6.07, 6.45) is 0.463. The molecular weight excluding hydrogens is 148 g/mol. The summed E-state index contributed by atoms with van der Waals surface area (Å²) in [5.41, 5.74) is 0. The van der Waals surface area contributed by atoms with Crippen LogP contribution in [0.4, 0.5) is 0 Å². The van der Waals surface area contributed by atoms with Crippen LogP contribution in [0.15, 0.2) is 0 Å². The fourth-order valence-corrected chi connectivity index (χ4v) is 0.214. The lowest BCUT2D eigenvalue weighted by Gasteiger charge is -1.90. The second-order valence-corrected chi connectivity index (χ2v) is 2.18. The summed E-state index contributed by atoms with van der Waals surface area (Å²) in [5, 5.41) is 23.9. The fraction of sp³-hybridized carbons (Fsp3) is 0.857. The van der Waals surface area contributed by atoms with Crippen LogP contribution in [-0.4, -0.2) is 34.0 Å². The average Bonchev–Trinajstić information content (AvgIpc) is 1.89. The first-order valence-corrected chi connectivity index (χ1v) is 3.55. The maximum Gasteiger partial charge on any atom is 0.303 e. The first-order valence-electron chi connectivity index (χ1n) is 3.55. The molecule has 1 unspecified atom stereocenters. The summed E-state index contributed by atoms with van der Waals surface area (Å²) >= 11 is 0. The van der Waals surface area contributed by atoms with Gasteiger partial charge in [-0.2, -0.15) is 0 Å². The zero-order valence-electron chi connectivity index (χ0n) is 6.95. The molecule has 0 amide bonds. The Labute approximate surface area is 66.5 Å². The van der Waals surface area contributed by atoms with Crippen molar-refractivity contribution in [2.45, 2.75) is 32.8 Å². The highest BCUT2D eigenvalue weighted by Crippen LogP contribution is 1.82. The summed E-state index contributed by atoms with van der Waals surface area (Å²) in [6, 6.07) is 0. The minimum absolute atomic E-state index is 0.139. The van der Waals surface area contributed by atoms with Gasteiger partial charge in [0, 0.05) is 6.42 Å². The molecule has 1 atom stereocenters. The molecule has 0 rings (SSSR count). The van der Waals surface area contributed by atoms with Gasteiger partial charge in [0.15, 0.2) is 0 Å². The quantitative estimate of drug-likeness (QED) is 0.558. The summed E-state index contributed by atoms with van der Waals surface area (Å²) in [4.78, 5) is 9.60. The summed E-state index contributed by atoms with van der Waals surface area (Å²) in [6.45, 7) is 3.23. The number of carbonyl (C=O) groups is 1. The minimum atomic E-state index is -0.711. The van der Waals surface area contributed by atoms with Crippen molar-refractivity contribution in [3.8, 4) is 0 Å². The third kappa shape index (κ3) is 26.6. The molecule has 0 saturated carbocycles. The Morgan fingerprint density at radius 3 is 1.91 bits per heavy atom. The van der Waals surface area contributed by atoms with Gasteiger partial charge in [-0.1, -0.05) is 6.92 Å².